The van der Waals surface area contributed by atoms with Crippen molar-refractivity contribution < 1.29 is 9.53 Å². The molecule has 0 bridgehead atoms. The second kappa shape index (κ2) is 9.03. The van der Waals surface area contributed by atoms with Gasteiger partial charge in [0.25, 0.3) is 0 Å². The van der Waals surface area contributed by atoms with E-state index in [1.165, 1.54) is 12.8 Å². The van der Waals surface area contributed by atoms with Crippen molar-refractivity contribution in [2.24, 2.45) is 0 Å². The Hall–Kier alpha value is -3.28. The molecule has 154 valence electrons. The molecule has 1 saturated carbocycles. The third kappa shape index (κ3) is 5.20. The van der Waals surface area contributed by atoms with Gasteiger partial charge >= 0.3 is 5.97 Å². The fourth-order valence-corrected chi connectivity index (χ4v) is 3.45. The van der Waals surface area contributed by atoms with Gasteiger partial charge in [-0.1, -0.05) is 6.07 Å². The first-order chi connectivity index (χ1) is 14.6. The van der Waals surface area contributed by atoms with Crippen LogP contribution in [0.25, 0.3) is 11.1 Å². The average molecular weight is 402 g/mol. The summed E-state index contributed by atoms with van der Waals surface area (Å²) in [4.78, 5) is 25.0. The molecule has 0 atom stereocenters. The van der Waals surface area contributed by atoms with Gasteiger partial charge in [0, 0.05) is 47.9 Å². The summed E-state index contributed by atoms with van der Waals surface area (Å²) < 4.78 is 5.01. The molecule has 1 aliphatic carbocycles. The summed E-state index contributed by atoms with van der Waals surface area (Å²) >= 11 is 0. The van der Waals surface area contributed by atoms with Gasteiger partial charge in [0.15, 0.2) is 0 Å². The minimum absolute atomic E-state index is 0.182. The maximum Gasteiger partial charge on any atom is 0.306 e. The summed E-state index contributed by atoms with van der Waals surface area (Å²) in [6.07, 6.45) is 8.85. The maximum atomic E-state index is 11.6. The van der Waals surface area contributed by atoms with E-state index >= 15 is 0 Å². The molecule has 0 spiro atoms. The average Bonchev–Trinajstić information content (AvgIpc) is 3.58. The van der Waals surface area contributed by atoms with Crippen LogP contribution in [-0.2, 0) is 16.0 Å². The normalized spacial score (nSPS) is 13.1. The van der Waals surface area contributed by atoms with E-state index in [0.29, 0.717) is 31.3 Å². The first-order valence-electron chi connectivity index (χ1n) is 10.4. The molecule has 6 heteroatoms. The van der Waals surface area contributed by atoms with Crippen LogP contribution in [0.3, 0.4) is 0 Å². The van der Waals surface area contributed by atoms with Crippen LogP contribution in [-0.4, -0.2) is 27.5 Å². The Morgan fingerprint density at radius 3 is 2.83 bits per heavy atom. The van der Waals surface area contributed by atoms with Crippen molar-refractivity contribution in [3.8, 4) is 11.1 Å². The van der Waals surface area contributed by atoms with E-state index in [9.17, 15) is 4.79 Å². The molecule has 3 aromatic rings. The SMILES string of the molecule is CCOC(=O)CCc1cncc(-c2cc(C)cc(Nc3nccc(C4CC4)n3)c2)c1. The number of hydrogen-bond acceptors (Lipinski definition) is 6. The van der Waals surface area contributed by atoms with Crippen LogP contribution in [0.4, 0.5) is 11.6 Å². The molecule has 0 amide bonds. The lowest BCUT2D eigenvalue weighted by Gasteiger charge is -2.11. The summed E-state index contributed by atoms with van der Waals surface area (Å²) in [5.74, 6) is 1.03. The van der Waals surface area contributed by atoms with Crippen molar-refractivity contribution >= 4 is 17.6 Å². The van der Waals surface area contributed by atoms with Crippen LogP contribution in [0, 0.1) is 6.92 Å². The number of hydrogen-bond donors (Lipinski definition) is 1. The fourth-order valence-electron chi connectivity index (χ4n) is 3.45. The van der Waals surface area contributed by atoms with Crippen LogP contribution >= 0.6 is 0 Å². The minimum atomic E-state index is -0.182. The smallest absolute Gasteiger partial charge is 0.306 e. The molecule has 2 aromatic heterocycles. The number of carbonyl (C=O) groups is 1. The van der Waals surface area contributed by atoms with E-state index in [2.05, 4.69) is 51.5 Å². The lowest BCUT2D eigenvalue weighted by atomic mass is 10.0. The van der Waals surface area contributed by atoms with E-state index in [0.717, 1.165) is 33.6 Å². The van der Waals surface area contributed by atoms with Gasteiger partial charge in [-0.3, -0.25) is 9.78 Å². The molecule has 1 fully saturated rings. The van der Waals surface area contributed by atoms with Crippen LogP contribution in [0.15, 0.2) is 48.9 Å². The molecule has 0 aliphatic heterocycles. The van der Waals surface area contributed by atoms with Crippen LogP contribution in [0.2, 0.25) is 0 Å². The first-order valence-corrected chi connectivity index (χ1v) is 10.4. The van der Waals surface area contributed by atoms with E-state index < -0.39 is 0 Å². The monoisotopic (exact) mass is 402 g/mol. The van der Waals surface area contributed by atoms with E-state index in [1.54, 1.807) is 6.20 Å². The van der Waals surface area contributed by atoms with Crippen molar-refractivity contribution in [3.05, 3.63) is 65.7 Å². The van der Waals surface area contributed by atoms with Gasteiger partial charge in [-0.25, -0.2) is 9.97 Å². The molecule has 6 nitrogen and oxygen atoms in total. The highest BCUT2D eigenvalue weighted by atomic mass is 16.5. The molecule has 0 unspecified atom stereocenters. The highest BCUT2D eigenvalue weighted by Crippen LogP contribution is 2.39. The number of benzene rings is 1. The Morgan fingerprint density at radius 1 is 1.17 bits per heavy atom. The number of nitrogens with zero attached hydrogens (tertiary/aromatic N) is 3. The van der Waals surface area contributed by atoms with Crippen LogP contribution in [0.1, 0.15) is 48.9 Å². The Balaban J connectivity index is 1.52. The largest absolute Gasteiger partial charge is 0.466 e. The number of rotatable bonds is 8. The van der Waals surface area contributed by atoms with Crippen LogP contribution in [0.5, 0.6) is 0 Å². The van der Waals surface area contributed by atoms with E-state index in [1.807, 2.05) is 25.4 Å². The van der Waals surface area contributed by atoms with E-state index in [4.69, 9.17) is 4.74 Å². The number of ether oxygens (including phenoxy) is 1. The number of aromatic nitrogens is 3. The van der Waals surface area contributed by atoms with Gasteiger partial charge in [0.05, 0.1) is 6.61 Å². The summed E-state index contributed by atoms with van der Waals surface area (Å²) in [6.45, 7) is 4.29. The van der Waals surface area contributed by atoms with Gasteiger partial charge in [-0.15, -0.1) is 0 Å². The standard InChI is InChI=1S/C24H26N4O2/c1-3-30-23(29)7-4-17-12-20(15-25-14-17)19-10-16(2)11-21(13-19)27-24-26-9-8-22(28-24)18-5-6-18/h8-15,18H,3-7H2,1-2H3,(H,26,27,28). The molecule has 1 aliphatic rings. The number of esters is 1. The highest BCUT2D eigenvalue weighted by molar-refractivity contribution is 5.72. The molecular weight excluding hydrogens is 376 g/mol. The summed E-state index contributed by atoms with van der Waals surface area (Å²) in [5, 5.41) is 3.34. The quantitative estimate of drug-likeness (QED) is 0.537. The summed E-state index contributed by atoms with van der Waals surface area (Å²) in [6, 6.07) is 10.4. The van der Waals surface area contributed by atoms with Gasteiger partial charge in [0.2, 0.25) is 5.95 Å². The Kier molecular flexibility index (Phi) is 6.02. The Morgan fingerprint density at radius 2 is 2.03 bits per heavy atom. The molecule has 1 N–H and O–H groups in total. The number of carbonyl (C=O) groups excluding carboxylic acids is 1. The predicted octanol–water partition coefficient (Wildman–Crippen LogP) is 4.96. The topological polar surface area (TPSA) is 77.0 Å². The predicted molar refractivity (Wildman–Crippen MR) is 117 cm³/mol. The second-order valence-corrected chi connectivity index (χ2v) is 7.68. The van der Waals surface area contributed by atoms with E-state index in [-0.39, 0.29) is 5.97 Å². The van der Waals surface area contributed by atoms with Crippen molar-refractivity contribution in [2.75, 3.05) is 11.9 Å². The number of aryl methyl sites for hydroxylation is 2. The summed E-state index contributed by atoms with van der Waals surface area (Å²) in [7, 11) is 0. The third-order valence-corrected chi connectivity index (χ3v) is 5.06. The fraction of sp³-hybridized carbons (Fsp3) is 0.333. The molecular formula is C24H26N4O2. The van der Waals surface area contributed by atoms with Crippen LogP contribution < -0.4 is 5.32 Å². The molecule has 4 rings (SSSR count). The highest BCUT2D eigenvalue weighted by Gasteiger charge is 2.25. The first kappa shape index (κ1) is 20.0. The maximum absolute atomic E-state index is 11.6. The van der Waals surface area contributed by atoms with Crippen molar-refractivity contribution in [2.45, 2.75) is 45.4 Å². The van der Waals surface area contributed by atoms with Gasteiger partial charge in [-0.05, 0) is 74.1 Å². The number of pyridine rings is 1. The third-order valence-electron chi connectivity index (χ3n) is 5.06. The van der Waals surface area contributed by atoms with Gasteiger partial charge in [-0.2, -0.15) is 0 Å². The zero-order chi connectivity index (χ0) is 20.9. The summed E-state index contributed by atoms with van der Waals surface area (Å²) in [5.41, 5.74) is 6.26. The zero-order valence-corrected chi connectivity index (χ0v) is 17.4. The Labute approximate surface area is 176 Å². The zero-order valence-electron chi connectivity index (χ0n) is 17.4. The second-order valence-electron chi connectivity index (χ2n) is 7.68. The lowest BCUT2D eigenvalue weighted by Crippen LogP contribution is -2.05. The number of nitrogens with one attached hydrogen (secondary N) is 1. The molecule has 0 radical (unpaired) electrons. The van der Waals surface area contributed by atoms with Gasteiger partial charge in [0.1, 0.15) is 0 Å². The minimum Gasteiger partial charge on any atom is -0.466 e. The van der Waals surface area contributed by atoms with Gasteiger partial charge < -0.3 is 10.1 Å². The lowest BCUT2D eigenvalue weighted by molar-refractivity contribution is -0.143. The Bertz CT molecular complexity index is 1050. The number of anilines is 2. The van der Waals surface area contributed by atoms with Crippen molar-refractivity contribution in [3.63, 3.8) is 0 Å². The molecule has 2 heterocycles. The molecule has 1 aromatic carbocycles. The molecule has 0 saturated heterocycles. The molecule has 30 heavy (non-hydrogen) atoms. The van der Waals surface area contributed by atoms with Crippen molar-refractivity contribution in [1.82, 2.24) is 15.0 Å². The van der Waals surface area contributed by atoms with Crippen molar-refractivity contribution in [1.29, 1.82) is 0 Å².